The largest absolute Gasteiger partial charge is 0.465 e. The maximum atomic E-state index is 11.2. The molecule has 1 heterocycles. The summed E-state index contributed by atoms with van der Waals surface area (Å²) in [7, 11) is 1.37. The zero-order valence-electron chi connectivity index (χ0n) is 7.99. The molecule has 14 heavy (non-hydrogen) atoms. The Morgan fingerprint density at radius 1 is 1.64 bits per heavy atom. The predicted octanol–water partition coefficient (Wildman–Crippen LogP) is 2.06. The summed E-state index contributed by atoms with van der Waals surface area (Å²) in [6, 6.07) is 1.90. The molecule has 0 aromatic carbocycles. The molecular weight excluding hydrogens is 200 g/mol. The van der Waals surface area contributed by atoms with Crippen LogP contribution in [0.15, 0.2) is 11.4 Å². The van der Waals surface area contributed by atoms with Crippen LogP contribution in [0.5, 0.6) is 0 Å². The fraction of sp³-hybridized carbons (Fsp3) is 0.400. The Kier molecular flexibility index (Phi) is 4.32. The molecular formula is C10H12O3S. The number of hydrogen-bond acceptors (Lipinski definition) is 4. The maximum Gasteiger partial charge on any atom is 0.348 e. The van der Waals surface area contributed by atoms with Crippen LogP contribution < -0.4 is 0 Å². The van der Waals surface area contributed by atoms with Crippen LogP contribution in [-0.2, 0) is 16.0 Å². The summed E-state index contributed by atoms with van der Waals surface area (Å²) in [6.07, 6.45) is 2.97. The Labute approximate surface area is 86.7 Å². The van der Waals surface area contributed by atoms with Crippen LogP contribution in [0.25, 0.3) is 0 Å². The van der Waals surface area contributed by atoms with E-state index in [1.807, 2.05) is 11.4 Å². The van der Waals surface area contributed by atoms with Gasteiger partial charge in [-0.1, -0.05) is 0 Å². The summed E-state index contributed by atoms with van der Waals surface area (Å²) < 4.78 is 4.64. The van der Waals surface area contributed by atoms with Gasteiger partial charge in [0.05, 0.1) is 7.11 Å². The van der Waals surface area contributed by atoms with Gasteiger partial charge in [-0.15, -0.1) is 11.3 Å². The molecule has 0 N–H and O–H groups in total. The van der Waals surface area contributed by atoms with Crippen molar-refractivity contribution in [1.82, 2.24) is 0 Å². The van der Waals surface area contributed by atoms with E-state index in [-0.39, 0.29) is 5.97 Å². The highest BCUT2D eigenvalue weighted by Gasteiger charge is 2.12. The zero-order chi connectivity index (χ0) is 10.4. The average molecular weight is 212 g/mol. The lowest BCUT2D eigenvalue weighted by atomic mass is 10.1. The average Bonchev–Trinajstić information content (AvgIpc) is 2.65. The Morgan fingerprint density at radius 3 is 3.07 bits per heavy atom. The maximum absolute atomic E-state index is 11.2. The van der Waals surface area contributed by atoms with E-state index in [1.165, 1.54) is 18.4 Å². The fourth-order valence-electron chi connectivity index (χ4n) is 1.18. The minimum atomic E-state index is -0.291. The van der Waals surface area contributed by atoms with E-state index >= 15 is 0 Å². The predicted molar refractivity (Wildman–Crippen MR) is 54.7 cm³/mol. The van der Waals surface area contributed by atoms with Crippen molar-refractivity contribution >= 4 is 23.6 Å². The Morgan fingerprint density at radius 2 is 2.43 bits per heavy atom. The SMILES string of the molecule is COC(=O)c1sccc1CCCC=O. The number of aryl methyl sites for hydroxylation is 1. The van der Waals surface area contributed by atoms with Crippen molar-refractivity contribution < 1.29 is 14.3 Å². The van der Waals surface area contributed by atoms with Crippen LogP contribution in [0.4, 0.5) is 0 Å². The molecule has 0 saturated carbocycles. The highest BCUT2D eigenvalue weighted by molar-refractivity contribution is 7.12. The number of rotatable bonds is 5. The van der Waals surface area contributed by atoms with Crippen molar-refractivity contribution in [2.75, 3.05) is 7.11 Å². The molecule has 0 amide bonds. The minimum Gasteiger partial charge on any atom is -0.465 e. The number of aldehydes is 1. The summed E-state index contributed by atoms with van der Waals surface area (Å²) in [5.41, 5.74) is 0.976. The molecule has 0 aliphatic heterocycles. The Balaban J connectivity index is 2.62. The summed E-state index contributed by atoms with van der Waals surface area (Å²) in [5, 5.41) is 1.86. The van der Waals surface area contributed by atoms with E-state index in [1.54, 1.807) is 0 Å². The molecule has 76 valence electrons. The lowest BCUT2D eigenvalue weighted by molar-refractivity contribution is -0.107. The van der Waals surface area contributed by atoms with E-state index in [0.29, 0.717) is 11.3 Å². The summed E-state index contributed by atoms with van der Waals surface area (Å²) in [5.74, 6) is -0.291. The van der Waals surface area contributed by atoms with Gasteiger partial charge in [0.25, 0.3) is 0 Å². The van der Waals surface area contributed by atoms with Crippen LogP contribution in [0.3, 0.4) is 0 Å². The van der Waals surface area contributed by atoms with Gasteiger partial charge in [0.2, 0.25) is 0 Å². The number of carbonyl (C=O) groups excluding carboxylic acids is 2. The van der Waals surface area contributed by atoms with Crippen molar-refractivity contribution in [3.8, 4) is 0 Å². The molecule has 0 atom stereocenters. The highest BCUT2D eigenvalue weighted by atomic mass is 32.1. The number of hydrogen-bond donors (Lipinski definition) is 0. The van der Waals surface area contributed by atoms with Gasteiger partial charge < -0.3 is 9.53 Å². The van der Waals surface area contributed by atoms with Gasteiger partial charge in [0.15, 0.2) is 0 Å². The van der Waals surface area contributed by atoms with Crippen LogP contribution in [-0.4, -0.2) is 19.4 Å². The van der Waals surface area contributed by atoms with E-state index in [0.717, 1.165) is 24.7 Å². The van der Waals surface area contributed by atoms with Gasteiger partial charge in [0, 0.05) is 6.42 Å². The van der Waals surface area contributed by atoms with Gasteiger partial charge in [-0.25, -0.2) is 4.79 Å². The van der Waals surface area contributed by atoms with Crippen LogP contribution in [0.1, 0.15) is 28.1 Å². The number of unbranched alkanes of at least 4 members (excludes halogenated alkanes) is 1. The van der Waals surface area contributed by atoms with E-state index in [9.17, 15) is 9.59 Å². The summed E-state index contributed by atoms with van der Waals surface area (Å²) >= 11 is 1.38. The van der Waals surface area contributed by atoms with Crippen molar-refractivity contribution in [2.45, 2.75) is 19.3 Å². The van der Waals surface area contributed by atoms with E-state index in [2.05, 4.69) is 4.74 Å². The molecule has 0 aliphatic rings. The van der Waals surface area contributed by atoms with Gasteiger partial charge in [-0.05, 0) is 29.9 Å². The number of ether oxygens (including phenoxy) is 1. The van der Waals surface area contributed by atoms with Crippen LogP contribution in [0.2, 0.25) is 0 Å². The molecule has 1 aromatic rings. The number of methoxy groups -OCH3 is 1. The Bertz CT molecular complexity index is 317. The first-order valence-electron chi connectivity index (χ1n) is 4.38. The smallest absolute Gasteiger partial charge is 0.348 e. The minimum absolute atomic E-state index is 0.291. The van der Waals surface area contributed by atoms with Crippen molar-refractivity contribution in [1.29, 1.82) is 0 Å². The second-order valence-corrected chi connectivity index (χ2v) is 3.74. The summed E-state index contributed by atoms with van der Waals surface area (Å²) in [4.78, 5) is 22.0. The van der Waals surface area contributed by atoms with Crippen LogP contribution in [0, 0.1) is 0 Å². The first-order valence-corrected chi connectivity index (χ1v) is 5.26. The lowest BCUT2D eigenvalue weighted by Gasteiger charge is -2.00. The monoisotopic (exact) mass is 212 g/mol. The molecule has 0 radical (unpaired) electrons. The quantitative estimate of drug-likeness (QED) is 0.426. The summed E-state index contributed by atoms with van der Waals surface area (Å²) in [6.45, 7) is 0. The van der Waals surface area contributed by atoms with Gasteiger partial charge in [0.1, 0.15) is 11.2 Å². The third kappa shape index (κ3) is 2.67. The molecule has 0 aliphatic carbocycles. The molecule has 0 fully saturated rings. The first-order chi connectivity index (χ1) is 6.79. The van der Waals surface area contributed by atoms with Crippen molar-refractivity contribution in [3.63, 3.8) is 0 Å². The third-order valence-corrected chi connectivity index (χ3v) is 2.82. The topological polar surface area (TPSA) is 43.4 Å². The number of esters is 1. The number of thiophene rings is 1. The normalized spacial score (nSPS) is 9.79. The molecule has 0 spiro atoms. The first kappa shape index (κ1) is 10.9. The molecule has 1 aromatic heterocycles. The molecule has 1 rings (SSSR count). The molecule has 0 bridgehead atoms. The molecule has 4 heteroatoms. The molecule has 0 unspecified atom stereocenters. The van der Waals surface area contributed by atoms with Crippen LogP contribution >= 0.6 is 11.3 Å². The highest BCUT2D eigenvalue weighted by Crippen LogP contribution is 2.19. The van der Waals surface area contributed by atoms with Gasteiger partial charge in [-0.2, -0.15) is 0 Å². The van der Waals surface area contributed by atoms with E-state index < -0.39 is 0 Å². The molecule has 0 saturated heterocycles. The zero-order valence-corrected chi connectivity index (χ0v) is 8.80. The fourth-order valence-corrected chi connectivity index (χ4v) is 2.05. The standard InChI is InChI=1S/C10H12O3S/c1-13-10(12)9-8(5-7-14-9)4-2-3-6-11/h5-7H,2-4H2,1H3. The van der Waals surface area contributed by atoms with E-state index in [4.69, 9.17) is 0 Å². The van der Waals surface area contributed by atoms with Gasteiger partial charge >= 0.3 is 5.97 Å². The van der Waals surface area contributed by atoms with Crippen molar-refractivity contribution in [3.05, 3.63) is 21.9 Å². The van der Waals surface area contributed by atoms with Crippen molar-refractivity contribution in [2.24, 2.45) is 0 Å². The Hall–Kier alpha value is -1.16. The van der Waals surface area contributed by atoms with Gasteiger partial charge in [-0.3, -0.25) is 0 Å². The third-order valence-electron chi connectivity index (χ3n) is 1.89. The second-order valence-electron chi connectivity index (χ2n) is 2.83. The number of carbonyl (C=O) groups is 2. The lowest BCUT2D eigenvalue weighted by Crippen LogP contribution is -2.01. The molecule has 3 nitrogen and oxygen atoms in total. The second kappa shape index (κ2) is 5.54.